The van der Waals surface area contributed by atoms with Gasteiger partial charge in [0.15, 0.2) is 0 Å². The van der Waals surface area contributed by atoms with Crippen LogP contribution in [0.2, 0.25) is 0 Å². The molecule has 1 heteroatoms. The molecule has 0 saturated heterocycles. The van der Waals surface area contributed by atoms with Crippen molar-refractivity contribution in [2.24, 2.45) is 0 Å². The Morgan fingerprint density at radius 1 is 0.938 bits per heavy atom. The van der Waals surface area contributed by atoms with Gasteiger partial charge in [0.05, 0.1) is 0 Å². The first kappa shape index (κ1) is 11.2. The van der Waals surface area contributed by atoms with E-state index in [1.807, 2.05) is 0 Å². The molecule has 0 heterocycles. The molecule has 0 aliphatic carbocycles. The van der Waals surface area contributed by atoms with Gasteiger partial charge in [-0.05, 0) is 35.6 Å². The molecular weight excluding hydrogens is 196 g/mol. The van der Waals surface area contributed by atoms with E-state index in [-0.39, 0.29) is 0 Å². The molecule has 0 aliphatic rings. The quantitative estimate of drug-likeness (QED) is 0.688. The molecule has 0 saturated carbocycles. The van der Waals surface area contributed by atoms with E-state index in [1.54, 1.807) is 7.11 Å². The van der Waals surface area contributed by atoms with Crippen LogP contribution in [0.25, 0.3) is 10.8 Å². The molecule has 2 aromatic carbocycles. The van der Waals surface area contributed by atoms with Crippen LogP contribution in [0.3, 0.4) is 0 Å². The van der Waals surface area contributed by atoms with E-state index in [2.05, 4.69) is 42.5 Å². The number of unbranched alkanes of at least 4 members (excludes halogenated alkanes) is 1. The highest BCUT2D eigenvalue weighted by Gasteiger charge is 1.96. The van der Waals surface area contributed by atoms with E-state index < -0.39 is 0 Å². The molecule has 0 spiro atoms. The molecule has 0 N–H and O–H groups in total. The van der Waals surface area contributed by atoms with Gasteiger partial charge < -0.3 is 4.74 Å². The molecule has 0 unspecified atom stereocenters. The first-order chi connectivity index (χ1) is 7.90. The van der Waals surface area contributed by atoms with E-state index >= 15 is 0 Å². The van der Waals surface area contributed by atoms with E-state index in [9.17, 15) is 0 Å². The predicted octanol–water partition coefficient (Wildman–Crippen LogP) is 3.81. The lowest BCUT2D eigenvalue weighted by Crippen LogP contribution is -1.91. The van der Waals surface area contributed by atoms with Crippen molar-refractivity contribution in [2.75, 3.05) is 13.7 Å². The Morgan fingerprint density at radius 2 is 1.75 bits per heavy atom. The van der Waals surface area contributed by atoms with Crippen LogP contribution >= 0.6 is 0 Å². The van der Waals surface area contributed by atoms with Crippen molar-refractivity contribution in [3.8, 4) is 0 Å². The number of ether oxygens (including phenoxy) is 1. The second-order valence-electron chi connectivity index (χ2n) is 4.13. The third-order valence-electron chi connectivity index (χ3n) is 2.88. The minimum Gasteiger partial charge on any atom is -0.385 e. The number of aryl methyl sites for hydroxylation is 1. The van der Waals surface area contributed by atoms with Crippen LogP contribution in [0.1, 0.15) is 18.4 Å². The highest BCUT2D eigenvalue weighted by Crippen LogP contribution is 2.16. The monoisotopic (exact) mass is 214 g/mol. The van der Waals surface area contributed by atoms with Crippen molar-refractivity contribution < 1.29 is 4.74 Å². The molecule has 2 aromatic rings. The average Bonchev–Trinajstić information content (AvgIpc) is 2.34. The maximum atomic E-state index is 5.05. The highest BCUT2D eigenvalue weighted by molar-refractivity contribution is 5.82. The molecule has 84 valence electrons. The number of hydrogen-bond acceptors (Lipinski definition) is 1. The largest absolute Gasteiger partial charge is 0.385 e. The highest BCUT2D eigenvalue weighted by atomic mass is 16.5. The van der Waals surface area contributed by atoms with Crippen molar-refractivity contribution in [2.45, 2.75) is 19.3 Å². The SMILES string of the molecule is COCCCCc1ccc2ccccc2c1. The second-order valence-corrected chi connectivity index (χ2v) is 4.13. The Morgan fingerprint density at radius 3 is 2.56 bits per heavy atom. The van der Waals surface area contributed by atoms with Crippen molar-refractivity contribution in [1.82, 2.24) is 0 Å². The minimum atomic E-state index is 0.869. The zero-order valence-electron chi connectivity index (χ0n) is 9.78. The number of rotatable bonds is 5. The average molecular weight is 214 g/mol. The maximum Gasteiger partial charge on any atom is 0.0462 e. The number of fused-ring (bicyclic) bond motifs is 1. The van der Waals surface area contributed by atoms with Gasteiger partial charge in [0.1, 0.15) is 0 Å². The van der Waals surface area contributed by atoms with Crippen LogP contribution in [-0.2, 0) is 11.2 Å². The Bertz CT molecular complexity index is 448. The zero-order valence-corrected chi connectivity index (χ0v) is 9.78. The zero-order chi connectivity index (χ0) is 11.2. The van der Waals surface area contributed by atoms with Gasteiger partial charge in [0.2, 0.25) is 0 Å². The summed E-state index contributed by atoms with van der Waals surface area (Å²) in [5.41, 5.74) is 1.43. The minimum absolute atomic E-state index is 0.869. The van der Waals surface area contributed by atoms with Gasteiger partial charge >= 0.3 is 0 Å². The Labute approximate surface area is 97.1 Å². The van der Waals surface area contributed by atoms with Gasteiger partial charge in [0, 0.05) is 13.7 Å². The van der Waals surface area contributed by atoms with Crippen molar-refractivity contribution in [1.29, 1.82) is 0 Å². The van der Waals surface area contributed by atoms with Crippen LogP contribution in [0.4, 0.5) is 0 Å². The molecule has 2 rings (SSSR count). The lowest BCUT2D eigenvalue weighted by Gasteiger charge is -2.03. The van der Waals surface area contributed by atoms with Gasteiger partial charge in [-0.2, -0.15) is 0 Å². The lowest BCUT2D eigenvalue weighted by atomic mass is 10.0. The Kier molecular flexibility index (Phi) is 3.95. The Hall–Kier alpha value is -1.34. The van der Waals surface area contributed by atoms with Crippen molar-refractivity contribution in [3.05, 3.63) is 48.0 Å². The fourth-order valence-electron chi connectivity index (χ4n) is 1.97. The lowest BCUT2D eigenvalue weighted by molar-refractivity contribution is 0.193. The molecule has 0 fully saturated rings. The van der Waals surface area contributed by atoms with Crippen molar-refractivity contribution in [3.63, 3.8) is 0 Å². The van der Waals surface area contributed by atoms with Crippen LogP contribution in [-0.4, -0.2) is 13.7 Å². The number of hydrogen-bond donors (Lipinski definition) is 0. The van der Waals surface area contributed by atoms with Gasteiger partial charge in [-0.15, -0.1) is 0 Å². The summed E-state index contributed by atoms with van der Waals surface area (Å²) in [4.78, 5) is 0. The van der Waals surface area contributed by atoms with E-state index in [0.29, 0.717) is 0 Å². The summed E-state index contributed by atoms with van der Waals surface area (Å²) in [6.45, 7) is 0.869. The predicted molar refractivity (Wildman–Crippen MR) is 68.8 cm³/mol. The third-order valence-corrected chi connectivity index (χ3v) is 2.88. The third kappa shape index (κ3) is 2.83. The molecule has 0 amide bonds. The van der Waals surface area contributed by atoms with Crippen LogP contribution in [0.5, 0.6) is 0 Å². The van der Waals surface area contributed by atoms with E-state index in [0.717, 1.165) is 19.4 Å². The first-order valence-electron chi connectivity index (χ1n) is 5.87. The summed E-state index contributed by atoms with van der Waals surface area (Å²) in [6.07, 6.45) is 3.49. The molecule has 16 heavy (non-hydrogen) atoms. The molecule has 0 aromatic heterocycles. The normalized spacial score (nSPS) is 10.8. The first-order valence-corrected chi connectivity index (χ1v) is 5.87. The molecule has 0 aliphatic heterocycles. The fourth-order valence-corrected chi connectivity index (χ4v) is 1.97. The number of benzene rings is 2. The van der Waals surface area contributed by atoms with Gasteiger partial charge in [-0.25, -0.2) is 0 Å². The summed E-state index contributed by atoms with van der Waals surface area (Å²) >= 11 is 0. The van der Waals surface area contributed by atoms with Crippen LogP contribution in [0, 0.1) is 0 Å². The summed E-state index contributed by atoms with van der Waals surface area (Å²) in [6, 6.07) is 15.2. The number of methoxy groups -OCH3 is 1. The second kappa shape index (κ2) is 5.66. The summed E-state index contributed by atoms with van der Waals surface area (Å²) in [5.74, 6) is 0. The smallest absolute Gasteiger partial charge is 0.0462 e. The summed E-state index contributed by atoms with van der Waals surface area (Å²) in [5, 5.41) is 2.66. The van der Waals surface area contributed by atoms with Crippen LogP contribution < -0.4 is 0 Å². The standard InChI is InChI=1S/C15H18O/c1-16-11-5-4-6-13-9-10-14-7-2-3-8-15(14)12-13/h2-3,7-10,12H,4-6,11H2,1H3. The molecule has 1 nitrogen and oxygen atoms in total. The molecular formula is C15H18O. The van der Waals surface area contributed by atoms with Gasteiger partial charge in [-0.1, -0.05) is 42.5 Å². The molecule has 0 atom stereocenters. The summed E-state index contributed by atoms with van der Waals surface area (Å²) in [7, 11) is 1.76. The Balaban J connectivity index is 2.02. The topological polar surface area (TPSA) is 9.23 Å². The summed E-state index contributed by atoms with van der Waals surface area (Å²) < 4.78 is 5.05. The fraction of sp³-hybridized carbons (Fsp3) is 0.333. The van der Waals surface area contributed by atoms with Crippen LogP contribution in [0.15, 0.2) is 42.5 Å². The van der Waals surface area contributed by atoms with Gasteiger partial charge in [-0.3, -0.25) is 0 Å². The van der Waals surface area contributed by atoms with E-state index in [1.165, 1.54) is 22.8 Å². The van der Waals surface area contributed by atoms with E-state index in [4.69, 9.17) is 4.74 Å². The molecule has 0 radical (unpaired) electrons. The van der Waals surface area contributed by atoms with Gasteiger partial charge in [0.25, 0.3) is 0 Å². The molecule has 0 bridgehead atoms. The maximum absolute atomic E-state index is 5.05. The van der Waals surface area contributed by atoms with Crippen molar-refractivity contribution >= 4 is 10.8 Å².